The molecule has 0 unspecified atom stereocenters. The van der Waals surface area contributed by atoms with Crippen molar-refractivity contribution in [3.8, 4) is 0 Å². The number of ether oxygens (including phenoxy) is 1. The second kappa shape index (κ2) is 4.64. The van der Waals surface area contributed by atoms with Crippen molar-refractivity contribution in [2.75, 3.05) is 13.7 Å². The number of hydrogen-bond donors (Lipinski definition) is 1. The van der Waals surface area contributed by atoms with Crippen molar-refractivity contribution in [2.24, 2.45) is 0 Å². The lowest BCUT2D eigenvalue weighted by atomic mass is 10.1. The van der Waals surface area contributed by atoms with Gasteiger partial charge in [-0.25, -0.2) is 4.79 Å². The molecule has 1 heterocycles. The van der Waals surface area contributed by atoms with Crippen molar-refractivity contribution >= 4 is 11.9 Å². The van der Waals surface area contributed by atoms with Gasteiger partial charge in [-0.15, -0.1) is 0 Å². The van der Waals surface area contributed by atoms with E-state index in [9.17, 15) is 9.59 Å². The van der Waals surface area contributed by atoms with Crippen molar-refractivity contribution in [1.29, 1.82) is 0 Å². The number of hydrogen-bond acceptors (Lipinski definition) is 3. The van der Waals surface area contributed by atoms with E-state index in [-0.39, 0.29) is 5.91 Å². The van der Waals surface area contributed by atoms with Gasteiger partial charge in [0.05, 0.1) is 7.11 Å². The van der Waals surface area contributed by atoms with Crippen LogP contribution in [0.4, 0.5) is 0 Å². The Morgan fingerprint density at radius 3 is 3.00 bits per heavy atom. The smallest absolute Gasteiger partial charge is 0.333 e. The van der Waals surface area contributed by atoms with Crippen LogP contribution in [0.5, 0.6) is 0 Å². The fourth-order valence-corrected chi connectivity index (χ4v) is 1.23. The molecule has 1 amide bonds. The maximum Gasteiger partial charge on any atom is 0.333 e. The summed E-state index contributed by atoms with van der Waals surface area (Å²) in [6.45, 7) is 0.684. The van der Waals surface area contributed by atoms with Crippen LogP contribution in [0.3, 0.4) is 0 Å². The maximum atomic E-state index is 11.1. The Labute approximate surface area is 76.9 Å². The molecule has 0 saturated heterocycles. The second-order valence-corrected chi connectivity index (χ2v) is 2.91. The lowest BCUT2D eigenvalue weighted by Gasteiger charge is -2.09. The zero-order valence-electron chi connectivity index (χ0n) is 7.63. The van der Waals surface area contributed by atoms with Gasteiger partial charge in [0.25, 0.3) is 0 Å². The molecular formula is C9H13NO3. The molecule has 0 bridgehead atoms. The average molecular weight is 183 g/mol. The predicted octanol–water partition coefficient (Wildman–Crippen LogP) is 0.386. The Hall–Kier alpha value is -1.32. The van der Waals surface area contributed by atoms with E-state index < -0.39 is 5.97 Å². The lowest BCUT2D eigenvalue weighted by Crippen LogP contribution is -2.25. The van der Waals surface area contributed by atoms with Gasteiger partial charge in [0.1, 0.15) is 0 Å². The largest absolute Gasteiger partial charge is 0.466 e. The summed E-state index contributed by atoms with van der Waals surface area (Å²) in [7, 11) is 1.32. The zero-order valence-corrected chi connectivity index (χ0v) is 7.63. The molecule has 1 rings (SSSR count). The normalized spacial score (nSPS) is 21.9. The SMILES string of the molecule is COC(=O)/C1=C/C(=O)NCCCC1. The maximum absolute atomic E-state index is 11.1. The van der Waals surface area contributed by atoms with E-state index in [2.05, 4.69) is 10.1 Å². The number of esters is 1. The highest BCUT2D eigenvalue weighted by Gasteiger charge is 2.13. The molecule has 0 fully saturated rings. The van der Waals surface area contributed by atoms with E-state index in [4.69, 9.17) is 0 Å². The van der Waals surface area contributed by atoms with Crippen LogP contribution in [-0.2, 0) is 14.3 Å². The van der Waals surface area contributed by atoms with Gasteiger partial charge in [-0.1, -0.05) is 0 Å². The first kappa shape index (κ1) is 9.77. The average Bonchev–Trinajstić information content (AvgIpc) is 2.10. The molecule has 0 aromatic heterocycles. The summed E-state index contributed by atoms with van der Waals surface area (Å²) >= 11 is 0. The van der Waals surface area contributed by atoms with Gasteiger partial charge in [-0.05, 0) is 19.3 Å². The van der Waals surface area contributed by atoms with Gasteiger partial charge in [-0.2, -0.15) is 0 Å². The lowest BCUT2D eigenvalue weighted by molar-refractivity contribution is -0.136. The Bertz CT molecular complexity index is 245. The standard InChI is InChI=1S/C9H13NO3/c1-13-9(12)7-4-2-3-5-10-8(11)6-7/h6H,2-5H2,1H3,(H,10,11)/b7-6+. The minimum absolute atomic E-state index is 0.208. The highest BCUT2D eigenvalue weighted by atomic mass is 16.5. The topological polar surface area (TPSA) is 55.4 Å². The van der Waals surface area contributed by atoms with Crippen LogP contribution in [0, 0.1) is 0 Å². The fraction of sp³-hybridized carbons (Fsp3) is 0.556. The molecule has 0 aliphatic carbocycles. The quantitative estimate of drug-likeness (QED) is 0.598. The third kappa shape index (κ3) is 2.89. The van der Waals surface area contributed by atoms with Crippen LogP contribution in [0.25, 0.3) is 0 Å². The van der Waals surface area contributed by atoms with E-state index >= 15 is 0 Å². The summed E-state index contributed by atoms with van der Waals surface area (Å²) in [5.41, 5.74) is 0.458. The number of carbonyl (C=O) groups excluding carboxylic acids is 2. The highest BCUT2D eigenvalue weighted by Crippen LogP contribution is 2.10. The minimum atomic E-state index is -0.406. The van der Waals surface area contributed by atoms with Gasteiger partial charge in [0.15, 0.2) is 0 Å². The van der Waals surface area contributed by atoms with E-state index in [0.29, 0.717) is 18.5 Å². The van der Waals surface area contributed by atoms with E-state index in [1.54, 1.807) is 0 Å². The van der Waals surface area contributed by atoms with Crippen molar-refractivity contribution in [1.82, 2.24) is 5.32 Å². The molecule has 0 spiro atoms. The van der Waals surface area contributed by atoms with E-state index in [0.717, 1.165) is 12.8 Å². The van der Waals surface area contributed by atoms with Gasteiger partial charge < -0.3 is 10.1 Å². The van der Waals surface area contributed by atoms with Crippen LogP contribution in [0.2, 0.25) is 0 Å². The molecule has 0 radical (unpaired) electrons. The van der Waals surface area contributed by atoms with Crippen molar-refractivity contribution in [3.63, 3.8) is 0 Å². The predicted molar refractivity (Wildman–Crippen MR) is 47.0 cm³/mol. The summed E-state index contributed by atoms with van der Waals surface area (Å²) in [4.78, 5) is 22.2. The van der Waals surface area contributed by atoms with Crippen LogP contribution in [-0.4, -0.2) is 25.5 Å². The van der Waals surface area contributed by atoms with E-state index in [1.165, 1.54) is 13.2 Å². The molecule has 1 aliphatic heterocycles. The fourth-order valence-electron chi connectivity index (χ4n) is 1.23. The van der Waals surface area contributed by atoms with Crippen molar-refractivity contribution < 1.29 is 14.3 Å². The Balaban J connectivity index is 2.72. The molecule has 13 heavy (non-hydrogen) atoms. The van der Waals surface area contributed by atoms with Gasteiger partial charge in [0.2, 0.25) is 5.91 Å². The Morgan fingerprint density at radius 1 is 1.54 bits per heavy atom. The molecular weight excluding hydrogens is 170 g/mol. The highest BCUT2D eigenvalue weighted by molar-refractivity contribution is 5.98. The molecule has 0 atom stereocenters. The first-order chi connectivity index (χ1) is 6.24. The van der Waals surface area contributed by atoms with Crippen LogP contribution in [0.1, 0.15) is 19.3 Å². The molecule has 0 aromatic carbocycles. The summed E-state index contributed by atoms with van der Waals surface area (Å²) in [6.07, 6.45) is 3.76. The minimum Gasteiger partial charge on any atom is -0.466 e. The van der Waals surface area contributed by atoms with Crippen LogP contribution in [0.15, 0.2) is 11.6 Å². The Kier molecular flexibility index (Phi) is 3.49. The Morgan fingerprint density at radius 2 is 2.31 bits per heavy atom. The molecule has 1 N–H and O–H groups in total. The van der Waals surface area contributed by atoms with Crippen molar-refractivity contribution in [2.45, 2.75) is 19.3 Å². The summed E-state index contributed by atoms with van der Waals surface area (Å²) < 4.78 is 4.55. The van der Waals surface area contributed by atoms with Gasteiger partial charge >= 0.3 is 5.97 Å². The van der Waals surface area contributed by atoms with Crippen LogP contribution >= 0.6 is 0 Å². The summed E-state index contributed by atoms with van der Waals surface area (Å²) in [6, 6.07) is 0. The van der Waals surface area contributed by atoms with Gasteiger partial charge in [-0.3, -0.25) is 4.79 Å². The first-order valence-electron chi connectivity index (χ1n) is 4.31. The third-order valence-corrected chi connectivity index (χ3v) is 1.93. The number of amides is 1. The molecule has 4 nitrogen and oxygen atoms in total. The zero-order chi connectivity index (χ0) is 9.68. The number of rotatable bonds is 1. The third-order valence-electron chi connectivity index (χ3n) is 1.93. The molecule has 0 saturated carbocycles. The second-order valence-electron chi connectivity index (χ2n) is 2.91. The molecule has 4 heteroatoms. The van der Waals surface area contributed by atoms with E-state index in [1.807, 2.05) is 0 Å². The van der Waals surface area contributed by atoms with Gasteiger partial charge in [0, 0.05) is 18.2 Å². The number of nitrogens with one attached hydrogen (secondary N) is 1. The van der Waals surface area contributed by atoms with Crippen LogP contribution < -0.4 is 5.32 Å². The monoisotopic (exact) mass is 183 g/mol. The molecule has 1 aliphatic rings. The van der Waals surface area contributed by atoms with Crippen molar-refractivity contribution in [3.05, 3.63) is 11.6 Å². The summed E-state index contributed by atoms with van der Waals surface area (Å²) in [5.74, 6) is -0.614. The molecule has 0 aromatic rings. The molecule has 72 valence electrons. The number of carbonyl (C=O) groups is 2. The summed E-state index contributed by atoms with van der Waals surface area (Å²) in [5, 5.41) is 2.67. The first-order valence-corrected chi connectivity index (χ1v) is 4.31. The number of methoxy groups -OCH3 is 1.